The highest BCUT2D eigenvalue weighted by molar-refractivity contribution is 7.53. The topological polar surface area (TPSA) is 477 Å². The number of hydrogen-bond donors (Lipinski definition) is 7. The number of rotatable bonds is 13. The SMILES string of the molecule is CCOP(=O)(CO[C@@H]1C=C[C@H](n2cc(C#N)c3c(Cl)nc(C)nc32)C1)OCC.Cc1nc(Cl)c2c(C#N)cn([C@@H]3C[C@H](O)[C@@H](O)[C@H]3O)c2n1.Cc1nc(Cl)c2c(C#N)cn([C@H]3C=C[C@@H](O)C3)c2n1.Cc1nc(Cl)c2ccn(C3CC=CC3)c2n1.Cc1nc(N)c2c(C#N)cn([C@H]3C=C[C@@H](O)C3)c2n1.Cc1nc(N)c2ccn(C3CC=CC3)c2n1. The number of aliphatic hydroxyl groups excluding tert-OH is 5. The maximum Gasteiger partial charge on any atom is 0.356 e. The van der Waals surface area contributed by atoms with Gasteiger partial charge in [-0.25, -0.2) is 59.8 Å². The molecule has 9 N–H and O–H groups in total. The fourth-order valence-corrected chi connectivity index (χ4v) is 18.0. The van der Waals surface area contributed by atoms with Gasteiger partial charge in [0.1, 0.15) is 144 Å². The summed E-state index contributed by atoms with van der Waals surface area (Å²) in [6.07, 6.45) is 32.5. The Morgan fingerprint density at radius 2 is 0.798 bits per heavy atom. The first-order chi connectivity index (χ1) is 57.0. The van der Waals surface area contributed by atoms with Gasteiger partial charge in [0.15, 0.2) is 0 Å². The lowest BCUT2D eigenvalue weighted by Crippen LogP contribution is -2.31. The molecule has 0 bridgehead atoms. The van der Waals surface area contributed by atoms with Gasteiger partial charge in [-0.2, -0.15) is 21.0 Å². The number of nitriles is 4. The van der Waals surface area contributed by atoms with Gasteiger partial charge in [-0.05, 0) is 99.6 Å². The van der Waals surface area contributed by atoms with E-state index in [-0.39, 0.29) is 66.1 Å². The van der Waals surface area contributed by atoms with Gasteiger partial charge in [-0.3, -0.25) is 4.57 Å². The first kappa shape index (κ1) is 85.9. The quantitative estimate of drug-likeness (QED) is 0.0320. The van der Waals surface area contributed by atoms with Crippen LogP contribution in [-0.2, 0) is 18.3 Å². The molecule has 0 saturated heterocycles. The summed E-state index contributed by atoms with van der Waals surface area (Å²) in [5.41, 5.74) is 17.6. The van der Waals surface area contributed by atoms with Crippen LogP contribution in [0.3, 0.4) is 0 Å². The second-order valence-corrected chi connectivity index (χ2v) is 32.5. The molecule has 18 rings (SSSR count). The number of nitrogens with two attached hydrogens (primary N) is 2. The Morgan fingerprint density at radius 1 is 0.437 bits per heavy atom. The standard InChI is InChI=1S/C18H22ClN4O4P.C13H13ClN4O3.C13H11ClN4O.C13H13N5O.C12H12ClN3.C12H14N4/c1-4-26-28(24,27-5-2)11-25-15-7-6-14(8-15)23-10-13(9-20)16-17(19)21-12(3)22-18(16)23;1-5-16-12(14)9-6(3-15)4-18(13(9)17-5)7-2-8(19)11(21)10(7)20;1-7-16-12(14)11-8(5-15)6-18(13(11)17-7)9-2-3-10(19)4-9;1-7-16-12(15)11-8(5-14)6-18(13(11)17-7)9-2-3-10(19)4-9;2*1-8-14-11(13)10-6-7-16(12(10)15-8)9-4-2-3-5-9/h6-7,10,14-15H,4-5,8,11H2,1-3H3;4,7-8,10-11,19-21H,2H2,1H3;2-3,6,9-10,19H,4H2,1H3;2-3,6,9-10,19H,4H2,1H3,(H2,15,16,17);2-3,6-7,9H,4-5H2,1H3;2-3,6-7,9H,4-5H2,1H3,(H2,13,14,15)/t14-,15+;7-,8+,10+,11-;2*9-,10+;;/m0100../s1. The molecule has 38 heteroatoms. The summed E-state index contributed by atoms with van der Waals surface area (Å²) < 4.78 is 40.5. The first-order valence-corrected chi connectivity index (χ1v) is 41.5. The van der Waals surface area contributed by atoms with E-state index in [1.54, 1.807) is 76.9 Å². The number of allylic oxidation sites excluding steroid dienone is 7. The van der Waals surface area contributed by atoms with E-state index >= 15 is 0 Å². The molecule has 6 aliphatic rings. The largest absolute Gasteiger partial charge is 0.390 e. The minimum atomic E-state index is -3.26. The normalized spacial score (nSPS) is 21.1. The molecule has 12 heterocycles. The maximum atomic E-state index is 12.5. The number of aliphatic hydroxyl groups is 5. The number of aryl methyl sites for hydroxylation is 6. The molecule has 0 aromatic carbocycles. The van der Waals surface area contributed by atoms with Crippen molar-refractivity contribution in [3.05, 3.63) is 188 Å². The molecule has 0 spiro atoms. The molecule has 12 aromatic heterocycles. The number of nitrogens with zero attached hydrogens (tertiary/aromatic N) is 22. The van der Waals surface area contributed by atoms with Crippen molar-refractivity contribution in [2.45, 2.75) is 180 Å². The van der Waals surface area contributed by atoms with Crippen molar-refractivity contribution in [3.63, 3.8) is 0 Å². The van der Waals surface area contributed by atoms with Gasteiger partial charge >= 0.3 is 7.60 Å². The lowest BCUT2D eigenvalue weighted by molar-refractivity contribution is -0.0244. The van der Waals surface area contributed by atoms with Gasteiger partial charge < -0.3 is 78.2 Å². The minimum absolute atomic E-state index is 0.00620. The highest BCUT2D eigenvalue weighted by Crippen LogP contribution is 2.49. The maximum absolute atomic E-state index is 12.5. The Kier molecular flexibility index (Phi) is 26.5. The molecule has 1 fully saturated rings. The molecular formula is C81H85Cl4N24O9P. The van der Waals surface area contributed by atoms with Crippen molar-refractivity contribution in [2.75, 3.05) is 31.0 Å². The fourth-order valence-electron chi connectivity index (χ4n) is 15.4. The molecule has 0 amide bonds. The summed E-state index contributed by atoms with van der Waals surface area (Å²) >= 11 is 24.5. The van der Waals surface area contributed by atoms with Crippen LogP contribution in [0.5, 0.6) is 0 Å². The Labute approximate surface area is 702 Å². The number of nitrogen functional groups attached to an aromatic ring is 2. The molecule has 33 nitrogen and oxygen atoms in total. The average molecular weight is 1710 g/mol. The highest BCUT2D eigenvalue weighted by Gasteiger charge is 2.43. The van der Waals surface area contributed by atoms with Crippen LogP contribution in [-0.4, -0.2) is 169 Å². The van der Waals surface area contributed by atoms with E-state index in [1.807, 2.05) is 70.1 Å². The van der Waals surface area contributed by atoms with Crippen LogP contribution in [0.2, 0.25) is 20.6 Å². The molecule has 119 heavy (non-hydrogen) atoms. The first-order valence-electron chi connectivity index (χ1n) is 38.3. The van der Waals surface area contributed by atoms with Crippen molar-refractivity contribution < 1.29 is 43.9 Å². The van der Waals surface area contributed by atoms with Crippen LogP contribution < -0.4 is 11.5 Å². The van der Waals surface area contributed by atoms with Crippen molar-refractivity contribution in [2.24, 2.45) is 0 Å². The molecule has 12 aromatic rings. The molecule has 616 valence electrons. The van der Waals surface area contributed by atoms with Gasteiger partial charge in [0, 0.05) is 68.5 Å². The zero-order valence-electron chi connectivity index (χ0n) is 65.9. The molecule has 0 radical (unpaired) electrons. The fraction of sp³-hybridized carbons (Fsp3) is 0.383. The van der Waals surface area contributed by atoms with Crippen molar-refractivity contribution >= 4 is 132 Å². The van der Waals surface area contributed by atoms with Gasteiger partial charge in [0.2, 0.25) is 0 Å². The lowest BCUT2D eigenvalue weighted by atomic mass is 10.2. The second-order valence-electron chi connectivity index (χ2n) is 29.0. The van der Waals surface area contributed by atoms with Gasteiger partial charge in [-0.1, -0.05) is 107 Å². The van der Waals surface area contributed by atoms with E-state index in [2.05, 4.69) is 124 Å². The predicted octanol–water partition coefficient (Wildman–Crippen LogP) is 13.3. The van der Waals surface area contributed by atoms with Crippen LogP contribution >= 0.6 is 54.0 Å². The van der Waals surface area contributed by atoms with E-state index in [0.717, 1.165) is 59.4 Å². The molecule has 6 aliphatic carbocycles. The van der Waals surface area contributed by atoms with Crippen molar-refractivity contribution in [3.8, 4) is 24.3 Å². The summed E-state index contributed by atoms with van der Waals surface area (Å²) in [6, 6.07) is 12.7. The third-order valence-corrected chi connectivity index (χ3v) is 23.7. The van der Waals surface area contributed by atoms with Crippen LogP contribution in [0.1, 0.15) is 159 Å². The summed E-state index contributed by atoms with van der Waals surface area (Å²) in [5, 5.41) is 91.0. The smallest absolute Gasteiger partial charge is 0.356 e. The monoisotopic (exact) mass is 1710 g/mol. The summed E-state index contributed by atoms with van der Waals surface area (Å²) in [5.74, 6) is 4.45. The van der Waals surface area contributed by atoms with E-state index in [9.17, 15) is 51.1 Å². The third kappa shape index (κ3) is 18.3. The zero-order valence-corrected chi connectivity index (χ0v) is 69.8. The van der Waals surface area contributed by atoms with Crippen molar-refractivity contribution in [1.82, 2.24) is 87.2 Å². The average Bonchev–Trinajstić information content (AvgIpc) is 1.65. The van der Waals surface area contributed by atoms with Gasteiger partial charge in [0.05, 0.1) is 116 Å². The lowest BCUT2D eigenvalue weighted by Gasteiger charge is -2.20. The molecule has 0 aliphatic heterocycles. The van der Waals surface area contributed by atoms with Crippen molar-refractivity contribution in [1.29, 1.82) is 21.0 Å². The summed E-state index contributed by atoms with van der Waals surface area (Å²) in [7, 11) is -3.26. The minimum Gasteiger partial charge on any atom is -0.390 e. The molecule has 0 unspecified atom stereocenters. The molecule has 1 saturated carbocycles. The highest BCUT2D eigenvalue weighted by atomic mass is 35.5. The van der Waals surface area contributed by atoms with Crippen LogP contribution in [0.15, 0.2) is 110 Å². The van der Waals surface area contributed by atoms with E-state index in [0.29, 0.717) is 137 Å². The van der Waals surface area contributed by atoms with Crippen LogP contribution in [0, 0.1) is 86.9 Å². The van der Waals surface area contributed by atoms with E-state index in [4.69, 9.17) is 71.7 Å². The number of aromatic nitrogens is 18. The number of halogens is 4. The molecular weight excluding hydrogens is 1630 g/mol. The number of anilines is 2. The Hall–Kier alpha value is -11.0. The summed E-state index contributed by atoms with van der Waals surface area (Å²) in [4.78, 5) is 51.2. The van der Waals surface area contributed by atoms with E-state index in [1.165, 1.54) is 6.20 Å². The van der Waals surface area contributed by atoms with Crippen LogP contribution in [0.4, 0.5) is 11.6 Å². The third-order valence-electron chi connectivity index (χ3n) is 20.9. The number of fused-ring (bicyclic) bond motifs is 6. The number of ether oxygens (including phenoxy) is 1. The second kappa shape index (κ2) is 36.7. The van der Waals surface area contributed by atoms with Gasteiger partial charge in [0.25, 0.3) is 0 Å². The van der Waals surface area contributed by atoms with E-state index < -0.39 is 44.2 Å². The Balaban J connectivity index is 0.000000125. The predicted molar refractivity (Wildman–Crippen MR) is 449 cm³/mol. The Bertz CT molecular complexity index is 6000. The van der Waals surface area contributed by atoms with Crippen LogP contribution in [0.25, 0.3) is 66.2 Å². The van der Waals surface area contributed by atoms with Gasteiger partial charge in [-0.15, -0.1) is 0 Å². The number of hydrogen-bond acceptors (Lipinski definition) is 27. The molecule has 10 atom stereocenters. The zero-order chi connectivity index (χ0) is 85.0. The summed E-state index contributed by atoms with van der Waals surface area (Å²) in [6.45, 7) is 14.8. The Morgan fingerprint density at radius 3 is 1.21 bits per heavy atom.